The number of rotatable bonds is 12. The van der Waals surface area contributed by atoms with Crippen LogP contribution in [0.4, 0.5) is 0 Å². The Morgan fingerprint density at radius 3 is 2.03 bits per heavy atom. The second-order valence-electron chi connectivity index (χ2n) is 9.22. The third kappa shape index (κ3) is 9.57. The molecule has 0 aliphatic heterocycles. The number of allylic oxidation sites excluding steroid dienone is 2. The van der Waals surface area contributed by atoms with Crippen molar-refractivity contribution in [2.45, 2.75) is 58.3 Å². The summed E-state index contributed by atoms with van der Waals surface area (Å²) in [6.45, 7) is 5.86. The van der Waals surface area contributed by atoms with E-state index in [2.05, 4.69) is 26.0 Å². The smallest absolute Gasteiger partial charge is 0.336 e. The van der Waals surface area contributed by atoms with Crippen LogP contribution in [0.15, 0.2) is 97.1 Å². The van der Waals surface area contributed by atoms with Gasteiger partial charge in [0.25, 0.3) is 0 Å². The van der Waals surface area contributed by atoms with E-state index in [-0.39, 0.29) is 5.97 Å². The molecule has 0 radical (unpaired) electrons. The highest BCUT2D eigenvalue weighted by Gasteiger charge is 2.12. The molecule has 4 nitrogen and oxygen atoms in total. The molecule has 2 unspecified atom stereocenters. The Kier molecular flexibility index (Phi) is 10.9. The first-order valence-electron chi connectivity index (χ1n) is 12.9. The minimum Gasteiger partial charge on any atom is -0.427 e. The lowest BCUT2D eigenvalue weighted by Gasteiger charge is -2.18. The van der Waals surface area contributed by atoms with Crippen molar-refractivity contribution < 1.29 is 19.1 Å². The van der Waals surface area contributed by atoms with Crippen LogP contribution in [0.1, 0.15) is 75.0 Å². The molecule has 0 aliphatic rings. The van der Waals surface area contributed by atoms with E-state index in [0.717, 1.165) is 31.2 Å². The zero-order chi connectivity index (χ0) is 26.5. The van der Waals surface area contributed by atoms with Gasteiger partial charge in [0.05, 0.1) is 0 Å². The van der Waals surface area contributed by atoms with Gasteiger partial charge in [0.1, 0.15) is 11.5 Å². The molecule has 0 aliphatic carbocycles. The lowest BCUT2D eigenvalue weighted by molar-refractivity contribution is -0.132. The van der Waals surface area contributed by atoms with Gasteiger partial charge in [-0.25, -0.2) is 4.79 Å². The van der Waals surface area contributed by atoms with Gasteiger partial charge in [0, 0.05) is 13.0 Å². The number of carbonyl (C=O) groups excluding carboxylic acids is 2. The van der Waals surface area contributed by atoms with Crippen molar-refractivity contribution in [2.75, 3.05) is 0 Å². The number of ether oxygens (including phenoxy) is 2. The van der Waals surface area contributed by atoms with Crippen LogP contribution < -0.4 is 9.47 Å². The normalized spacial score (nSPS) is 12.9. The second kappa shape index (κ2) is 14.6. The van der Waals surface area contributed by atoms with Crippen molar-refractivity contribution in [3.8, 4) is 11.5 Å². The fourth-order valence-electron chi connectivity index (χ4n) is 4.30. The van der Waals surface area contributed by atoms with E-state index < -0.39 is 5.97 Å². The Hall–Kier alpha value is -3.92. The van der Waals surface area contributed by atoms with Gasteiger partial charge in [-0.2, -0.15) is 0 Å². The van der Waals surface area contributed by atoms with Gasteiger partial charge < -0.3 is 9.47 Å². The number of hydrogen-bond donors (Lipinski definition) is 0. The minimum atomic E-state index is -0.398. The number of carbonyl (C=O) groups is 2. The summed E-state index contributed by atoms with van der Waals surface area (Å²) < 4.78 is 10.6. The quantitative estimate of drug-likeness (QED) is 0.110. The molecule has 0 heterocycles. The fourth-order valence-corrected chi connectivity index (χ4v) is 4.30. The molecule has 0 bridgehead atoms. The van der Waals surface area contributed by atoms with E-state index >= 15 is 0 Å². The number of benzene rings is 3. The summed E-state index contributed by atoms with van der Waals surface area (Å²) in [5, 5.41) is 0. The first-order valence-corrected chi connectivity index (χ1v) is 12.9. The molecular weight excluding hydrogens is 460 g/mol. The van der Waals surface area contributed by atoms with Crippen molar-refractivity contribution in [1.29, 1.82) is 0 Å². The molecule has 3 rings (SSSR count). The van der Waals surface area contributed by atoms with Gasteiger partial charge in [-0.3, -0.25) is 4.79 Å². The van der Waals surface area contributed by atoms with Crippen LogP contribution in [0.2, 0.25) is 0 Å². The van der Waals surface area contributed by atoms with Crippen LogP contribution in [-0.4, -0.2) is 11.9 Å². The zero-order valence-corrected chi connectivity index (χ0v) is 21.9. The lowest BCUT2D eigenvalue weighted by Crippen LogP contribution is -2.04. The molecule has 37 heavy (non-hydrogen) atoms. The SMILES string of the molecule is CCC(CCCC(C)c1ccc(OC(=O)/C=C/C=C/c2ccccc2)cc1)c1ccc(OC(C)=O)cc1. The molecule has 4 heteroatoms. The molecule has 0 spiro atoms. The third-order valence-electron chi connectivity index (χ3n) is 6.39. The van der Waals surface area contributed by atoms with Crippen LogP contribution >= 0.6 is 0 Å². The molecule has 192 valence electrons. The summed E-state index contributed by atoms with van der Waals surface area (Å²) in [7, 11) is 0. The minimum absolute atomic E-state index is 0.302. The van der Waals surface area contributed by atoms with Crippen molar-refractivity contribution in [3.63, 3.8) is 0 Å². The Balaban J connectivity index is 1.43. The highest BCUT2D eigenvalue weighted by atomic mass is 16.5. The van der Waals surface area contributed by atoms with Crippen LogP contribution in [0.3, 0.4) is 0 Å². The molecule has 0 fully saturated rings. The predicted molar refractivity (Wildman–Crippen MR) is 150 cm³/mol. The highest BCUT2D eigenvalue weighted by molar-refractivity contribution is 5.84. The van der Waals surface area contributed by atoms with Gasteiger partial charge in [0.2, 0.25) is 0 Å². The van der Waals surface area contributed by atoms with Crippen LogP contribution in [0.5, 0.6) is 11.5 Å². The zero-order valence-electron chi connectivity index (χ0n) is 21.9. The molecule has 0 amide bonds. The van der Waals surface area contributed by atoms with Crippen LogP contribution in [0, 0.1) is 0 Å². The maximum atomic E-state index is 12.1. The first kappa shape index (κ1) is 27.7. The van der Waals surface area contributed by atoms with E-state index in [1.165, 1.54) is 24.1 Å². The predicted octanol–water partition coefficient (Wildman–Crippen LogP) is 8.25. The molecule has 3 aromatic carbocycles. The van der Waals surface area contributed by atoms with E-state index in [1.54, 1.807) is 6.08 Å². The Bertz CT molecular complexity index is 1180. The second-order valence-corrected chi connectivity index (χ2v) is 9.22. The van der Waals surface area contributed by atoms with Gasteiger partial charge in [-0.05, 0) is 72.1 Å². The van der Waals surface area contributed by atoms with Gasteiger partial charge in [-0.1, -0.05) is 93.1 Å². The molecule has 0 aromatic heterocycles. The third-order valence-corrected chi connectivity index (χ3v) is 6.39. The maximum absolute atomic E-state index is 12.1. The molecule has 0 saturated heterocycles. The highest BCUT2D eigenvalue weighted by Crippen LogP contribution is 2.30. The Morgan fingerprint density at radius 2 is 1.41 bits per heavy atom. The monoisotopic (exact) mass is 496 g/mol. The van der Waals surface area contributed by atoms with Crippen molar-refractivity contribution in [2.24, 2.45) is 0 Å². The van der Waals surface area contributed by atoms with Crippen LogP contribution in [-0.2, 0) is 9.59 Å². The standard InChI is InChI=1S/C33H36O4/c1-4-28(30-19-23-31(24-20-30)36-26(3)34)15-10-11-25(2)29-17-21-32(22-18-29)37-33(35)16-9-8-14-27-12-6-5-7-13-27/h5-9,12-14,16-25,28H,4,10-11,15H2,1-3H3/b14-8+,16-9+. The van der Waals surface area contributed by atoms with Gasteiger partial charge in [-0.15, -0.1) is 0 Å². The van der Waals surface area contributed by atoms with E-state index in [1.807, 2.05) is 78.9 Å². The van der Waals surface area contributed by atoms with Crippen LogP contribution in [0.25, 0.3) is 6.08 Å². The molecule has 2 atom stereocenters. The summed E-state index contributed by atoms with van der Waals surface area (Å²) in [6.07, 6.45) is 11.2. The molecule has 3 aromatic rings. The first-order chi connectivity index (χ1) is 17.9. The van der Waals surface area contributed by atoms with E-state index in [9.17, 15) is 9.59 Å². The lowest BCUT2D eigenvalue weighted by atomic mass is 9.88. The van der Waals surface area contributed by atoms with E-state index in [4.69, 9.17) is 9.47 Å². The summed E-state index contributed by atoms with van der Waals surface area (Å²) in [5.41, 5.74) is 3.59. The molecular formula is C33H36O4. The Morgan fingerprint density at radius 1 is 0.784 bits per heavy atom. The average Bonchev–Trinajstić information content (AvgIpc) is 2.90. The molecule has 0 saturated carbocycles. The van der Waals surface area contributed by atoms with Gasteiger partial charge >= 0.3 is 11.9 Å². The largest absolute Gasteiger partial charge is 0.427 e. The average molecular weight is 497 g/mol. The number of hydrogen-bond acceptors (Lipinski definition) is 4. The molecule has 0 N–H and O–H groups in total. The summed E-state index contributed by atoms with van der Waals surface area (Å²) >= 11 is 0. The summed E-state index contributed by atoms with van der Waals surface area (Å²) in [6, 6.07) is 25.6. The topological polar surface area (TPSA) is 52.6 Å². The fraction of sp³-hybridized carbons (Fsp3) is 0.273. The Labute approximate surface area is 220 Å². The maximum Gasteiger partial charge on any atom is 0.336 e. The summed E-state index contributed by atoms with van der Waals surface area (Å²) in [5.74, 6) is 1.33. The number of esters is 2. The van der Waals surface area contributed by atoms with Crippen molar-refractivity contribution in [3.05, 3.63) is 114 Å². The van der Waals surface area contributed by atoms with Crippen molar-refractivity contribution in [1.82, 2.24) is 0 Å². The van der Waals surface area contributed by atoms with Gasteiger partial charge in [0.15, 0.2) is 0 Å². The van der Waals surface area contributed by atoms with Crippen molar-refractivity contribution >= 4 is 18.0 Å². The van der Waals surface area contributed by atoms with E-state index in [0.29, 0.717) is 23.3 Å². The summed E-state index contributed by atoms with van der Waals surface area (Å²) in [4.78, 5) is 23.2.